The van der Waals surface area contributed by atoms with Gasteiger partial charge in [0.2, 0.25) is 0 Å². The predicted octanol–water partition coefficient (Wildman–Crippen LogP) is 2.59. The molecule has 0 radical (unpaired) electrons. The molecule has 0 saturated carbocycles. The highest BCUT2D eigenvalue weighted by Gasteiger charge is 2.19. The van der Waals surface area contributed by atoms with E-state index in [-0.39, 0.29) is 6.61 Å². The van der Waals surface area contributed by atoms with E-state index in [1.54, 1.807) is 13.8 Å². The van der Waals surface area contributed by atoms with E-state index in [4.69, 9.17) is 4.74 Å². The average Bonchev–Trinajstić information content (AvgIpc) is 2.27. The molecule has 1 aromatic rings. The summed E-state index contributed by atoms with van der Waals surface area (Å²) in [4.78, 5) is 0. The van der Waals surface area contributed by atoms with E-state index >= 15 is 0 Å². The fourth-order valence-corrected chi connectivity index (χ4v) is 1.46. The summed E-state index contributed by atoms with van der Waals surface area (Å²) >= 11 is 0. The number of hydrogen-bond acceptors (Lipinski definition) is 3. The molecular weight excluding hydrogens is 216 g/mol. The van der Waals surface area contributed by atoms with Crippen molar-refractivity contribution in [3.63, 3.8) is 0 Å². The standard InChI is InChI=1S/C14H22O3/c1-5-14(4,16)9-17-13-7-6-10(2)8-12(13)11(3)15/h6-8,11,15-16H,5,9H2,1-4H3/t11-,14?/m1/s1. The van der Waals surface area contributed by atoms with Crippen LogP contribution < -0.4 is 4.74 Å². The van der Waals surface area contributed by atoms with Crippen molar-refractivity contribution >= 4 is 0 Å². The zero-order valence-electron chi connectivity index (χ0n) is 11.0. The molecule has 17 heavy (non-hydrogen) atoms. The summed E-state index contributed by atoms with van der Waals surface area (Å²) in [5.41, 5.74) is 1.01. The fraction of sp³-hybridized carbons (Fsp3) is 0.571. The second-order valence-electron chi connectivity index (χ2n) is 4.86. The van der Waals surface area contributed by atoms with E-state index < -0.39 is 11.7 Å². The van der Waals surface area contributed by atoms with E-state index in [9.17, 15) is 10.2 Å². The summed E-state index contributed by atoms with van der Waals surface area (Å²) < 4.78 is 5.60. The second kappa shape index (κ2) is 5.52. The highest BCUT2D eigenvalue weighted by Crippen LogP contribution is 2.27. The second-order valence-corrected chi connectivity index (χ2v) is 4.86. The minimum Gasteiger partial charge on any atom is -0.490 e. The van der Waals surface area contributed by atoms with Crippen molar-refractivity contribution in [3.05, 3.63) is 29.3 Å². The first kappa shape index (κ1) is 14.0. The highest BCUT2D eigenvalue weighted by molar-refractivity contribution is 5.38. The number of ether oxygens (including phenoxy) is 1. The zero-order chi connectivity index (χ0) is 13.1. The van der Waals surface area contributed by atoms with Crippen LogP contribution >= 0.6 is 0 Å². The number of hydrogen-bond donors (Lipinski definition) is 2. The van der Waals surface area contributed by atoms with Crippen LogP contribution in [0.2, 0.25) is 0 Å². The maximum atomic E-state index is 9.88. The molecule has 0 aliphatic rings. The molecule has 3 heteroatoms. The molecule has 3 nitrogen and oxygen atoms in total. The van der Waals surface area contributed by atoms with E-state index in [2.05, 4.69) is 0 Å². The van der Waals surface area contributed by atoms with Crippen molar-refractivity contribution in [1.29, 1.82) is 0 Å². The van der Waals surface area contributed by atoms with Crippen LogP contribution in [0.3, 0.4) is 0 Å². The Hall–Kier alpha value is -1.06. The number of aliphatic hydroxyl groups excluding tert-OH is 1. The van der Waals surface area contributed by atoms with Gasteiger partial charge in [0.15, 0.2) is 0 Å². The van der Waals surface area contributed by atoms with Gasteiger partial charge in [-0.3, -0.25) is 0 Å². The van der Waals surface area contributed by atoms with Crippen LogP contribution in [0.4, 0.5) is 0 Å². The minimum absolute atomic E-state index is 0.228. The van der Waals surface area contributed by atoms with E-state index in [1.165, 1.54) is 0 Å². The Morgan fingerprint density at radius 1 is 1.41 bits per heavy atom. The SMILES string of the molecule is CCC(C)(O)COc1ccc(C)cc1[C@@H](C)O. The van der Waals surface area contributed by atoms with Crippen molar-refractivity contribution in [3.8, 4) is 5.75 Å². The first-order valence-corrected chi connectivity index (χ1v) is 5.99. The van der Waals surface area contributed by atoms with Gasteiger partial charge in [0, 0.05) is 5.56 Å². The number of rotatable bonds is 5. The van der Waals surface area contributed by atoms with Crippen molar-refractivity contribution in [2.45, 2.75) is 45.8 Å². The maximum Gasteiger partial charge on any atom is 0.125 e. The molecular formula is C14H22O3. The molecule has 2 atom stereocenters. The first-order valence-electron chi connectivity index (χ1n) is 5.99. The minimum atomic E-state index is -0.832. The maximum absolute atomic E-state index is 9.88. The van der Waals surface area contributed by atoms with Crippen LogP contribution in [0.15, 0.2) is 18.2 Å². The smallest absolute Gasteiger partial charge is 0.125 e. The normalized spacial score (nSPS) is 16.4. The summed E-state index contributed by atoms with van der Waals surface area (Å²) in [6, 6.07) is 5.67. The summed E-state index contributed by atoms with van der Waals surface area (Å²) in [7, 11) is 0. The summed E-state index contributed by atoms with van der Waals surface area (Å²) in [5.74, 6) is 0.638. The highest BCUT2D eigenvalue weighted by atomic mass is 16.5. The van der Waals surface area contributed by atoms with Gasteiger partial charge in [-0.15, -0.1) is 0 Å². The van der Waals surface area contributed by atoms with E-state index in [0.717, 1.165) is 11.1 Å². The first-order chi connectivity index (χ1) is 7.85. The van der Waals surface area contributed by atoms with Gasteiger partial charge in [-0.2, -0.15) is 0 Å². The van der Waals surface area contributed by atoms with Crippen LogP contribution in [0.25, 0.3) is 0 Å². The van der Waals surface area contributed by atoms with Crippen LogP contribution in [0.1, 0.15) is 44.4 Å². The Morgan fingerprint density at radius 3 is 2.59 bits per heavy atom. The molecule has 0 aromatic heterocycles. The molecule has 0 fully saturated rings. The van der Waals surface area contributed by atoms with Crippen LogP contribution in [0, 0.1) is 6.92 Å². The third kappa shape index (κ3) is 4.02. The molecule has 0 amide bonds. The number of benzene rings is 1. The van der Waals surface area contributed by atoms with Crippen LogP contribution in [-0.2, 0) is 0 Å². The van der Waals surface area contributed by atoms with Crippen molar-refractivity contribution < 1.29 is 14.9 Å². The van der Waals surface area contributed by atoms with Gasteiger partial charge in [-0.05, 0) is 39.3 Å². The molecule has 0 heterocycles. The van der Waals surface area contributed by atoms with Crippen molar-refractivity contribution in [2.75, 3.05) is 6.61 Å². The molecule has 1 unspecified atom stereocenters. The van der Waals surface area contributed by atoms with Gasteiger partial charge < -0.3 is 14.9 Å². The Bertz CT molecular complexity index is 370. The summed E-state index contributed by atoms with van der Waals surface area (Å²) in [6.07, 6.45) is 0.0551. The molecule has 0 bridgehead atoms. The van der Waals surface area contributed by atoms with Crippen molar-refractivity contribution in [2.24, 2.45) is 0 Å². The predicted molar refractivity (Wildman–Crippen MR) is 68.2 cm³/mol. The van der Waals surface area contributed by atoms with Gasteiger partial charge >= 0.3 is 0 Å². The molecule has 0 spiro atoms. The van der Waals surface area contributed by atoms with E-state index in [1.807, 2.05) is 32.0 Å². The lowest BCUT2D eigenvalue weighted by Crippen LogP contribution is -2.31. The Morgan fingerprint density at radius 2 is 2.06 bits per heavy atom. The monoisotopic (exact) mass is 238 g/mol. The quantitative estimate of drug-likeness (QED) is 0.829. The molecule has 0 aliphatic heterocycles. The molecule has 96 valence electrons. The van der Waals surface area contributed by atoms with Gasteiger partial charge in [-0.25, -0.2) is 0 Å². The molecule has 0 saturated heterocycles. The lowest BCUT2D eigenvalue weighted by Gasteiger charge is -2.23. The summed E-state index contributed by atoms with van der Waals surface area (Å²) in [6.45, 7) is 7.56. The average molecular weight is 238 g/mol. The number of aliphatic hydroxyl groups is 2. The molecule has 2 N–H and O–H groups in total. The zero-order valence-corrected chi connectivity index (χ0v) is 11.0. The summed E-state index contributed by atoms with van der Waals surface area (Å²) in [5, 5.41) is 19.6. The van der Waals surface area contributed by atoms with Gasteiger partial charge in [-0.1, -0.05) is 18.6 Å². The lowest BCUT2D eigenvalue weighted by atomic mass is 10.0. The van der Waals surface area contributed by atoms with Gasteiger partial charge in [0.05, 0.1) is 11.7 Å². The van der Waals surface area contributed by atoms with Gasteiger partial charge in [0.25, 0.3) is 0 Å². The lowest BCUT2D eigenvalue weighted by molar-refractivity contribution is 0.00746. The Labute approximate surface area is 103 Å². The van der Waals surface area contributed by atoms with Gasteiger partial charge in [0.1, 0.15) is 12.4 Å². The Kier molecular flexibility index (Phi) is 4.54. The Balaban J connectivity index is 2.84. The molecule has 0 aliphatic carbocycles. The molecule has 1 aromatic carbocycles. The molecule has 1 rings (SSSR count). The van der Waals surface area contributed by atoms with E-state index in [0.29, 0.717) is 12.2 Å². The van der Waals surface area contributed by atoms with Crippen LogP contribution in [0.5, 0.6) is 5.75 Å². The van der Waals surface area contributed by atoms with Crippen molar-refractivity contribution in [1.82, 2.24) is 0 Å². The third-order valence-electron chi connectivity index (χ3n) is 2.92. The topological polar surface area (TPSA) is 49.7 Å². The largest absolute Gasteiger partial charge is 0.490 e. The fourth-order valence-electron chi connectivity index (χ4n) is 1.46. The van der Waals surface area contributed by atoms with Crippen LogP contribution in [-0.4, -0.2) is 22.4 Å². The number of aryl methyl sites for hydroxylation is 1. The third-order valence-corrected chi connectivity index (χ3v) is 2.92.